The molecular weight excluding hydrogens is 270 g/mol. The van der Waals surface area contributed by atoms with Crippen LogP contribution in [0.3, 0.4) is 0 Å². The Morgan fingerprint density at radius 2 is 1.67 bits per heavy atom. The Labute approximate surface area is 122 Å². The van der Waals surface area contributed by atoms with Gasteiger partial charge in [0, 0.05) is 0 Å². The van der Waals surface area contributed by atoms with Gasteiger partial charge in [0.25, 0.3) is 5.91 Å². The molecule has 0 radical (unpaired) electrons. The van der Waals surface area contributed by atoms with Gasteiger partial charge in [-0.05, 0) is 24.3 Å². The van der Waals surface area contributed by atoms with Crippen LogP contribution in [0.5, 0.6) is 5.75 Å². The van der Waals surface area contributed by atoms with Crippen LogP contribution in [0.4, 0.5) is 0 Å². The van der Waals surface area contributed by atoms with Crippen molar-refractivity contribution in [3.8, 4) is 5.75 Å². The molecule has 21 heavy (non-hydrogen) atoms. The first-order valence-corrected chi connectivity index (χ1v) is 6.36. The maximum atomic E-state index is 12.0. The van der Waals surface area contributed by atoms with Gasteiger partial charge in [-0.2, -0.15) is 0 Å². The van der Waals surface area contributed by atoms with Gasteiger partial charge in [0.05, 0.1) is 18.2 Å². The first-order valence-electron chi connectivity index (χ1n) is 6.36. The summed E-state index contributed by atoms with van der Waals surface area (Å²) in [4.78, 5) is 23.6. The zero-order valence-electron chi connectivity index (χ0n) is 11.5. The molecule has 5 heteroatoms. The van der Waals surface area contributed by atoms with Crippen molar-refractivity contribution in [3.05, 3.63) is 65.7 Å². The molecule has 0 fully saturated rings. The molecule has 0 saturated carbocycles. The quantitative estimate of drug-likeness (QED) is 0.676. The van der Waals surface area contributed by atoms with E-state index in [0.29, 0.717) is 16.9 Å². The van der Waals surface area contributed by atoms with Crippen LogP contribution in [0.25, 0.3) is 0 Å². The van der Waals surface area contributed by atoms with Crippen molar-refractivity contribution >= 4 is 11.9 Å². The number of ether oxygens (including phenoxy) is 2. The molecule has 2 aromatic rings. The summed E-state index contributed by atoms with van der Waals surface area (Å²) in [6.07, 6.45) is 0. The van der Waals surface area contributed by atoms with Gasteiger partial charge in [-0.1, -0.05) is 30.3 Å². The summed E-state index contributed by atoms with van der Waals surface area (Å²) in [5, 5.41) is 2.51. The number of para-hydroxylation sites is 1. The summed E-state index contributed by atoms with van der Waals surface area (Å²) in [5.74, 6) is -0.395. The van der Waals surface area contributed by atoms with E-state index in [2.05, 4.69) is 5.32 Å². The number of hydrogen-bond donors (Lipinski definition) is 1. The summed E-state index contributed by atoms with van der Waals surface area (Å²) < 4.78 is 10.1. The topological polar surface area (TPSA) is 64.6 Å². The third kappa shape index (κ3) is 3.82. The van der Waals surface area contributed by atoms with Crippen molar-refractivity contribution in [2.75, 3.05) is 13.8 Å². The van der Waals surface area contributed by atoms with Crippen molar-refractivity contribution in [2.45, 2.75) is 0 Å². The number of benzene rings is 2. The van der Waals surface area contributed by atoms with E-state index < -0.39 is 5.97 Å². The standard InChI is InChI=1S/C16H15NO4/c1-20-14-10-6-5-9-13(14)15(18)17-11-21-16(19)12-7-3-2-4-8-12/h2-10H,11H2,1H3,(H,17,18). The van der Waals surface area contributed by atoms with Crippen LogP contribution in [0.1, 0.15) is 20.7 Å². The minimum absolute atomic E-state index is 0.204. The largest absolute Gasteiger partial charge is 0.496 e. The Morgan fingerprint density at radius 1 is 1.00 bits per heavy atom. The molecule has 108 valence electrons. The third-order valence-electron chi connectivity index (χ3n) is 2.80. The summed E-state index contributed by atoms with van der Waals surface area (Å²) in [6.45, 7) is -0.204. The van der Waals surface area contributed by atoms with Crippen molar-refractivity contribution in [1.29, 1.82) is 0 Å². The lowest BCUT2D eigenvalue weighted by Crippen LogP contribution is -2.28. The van der Waals surface area contributed by atoms with Gasteiger partial charge in [0.2, 0.25) is 0 Å². The highest BCUT2D eigenvalue weighted by Crippen LogP contribution is 2.16. The zero-order valence-corrected chi connectivity index (χ0v) is 11.5. The number of hydrogen-bond acceptors (Lipinski definition) is 4. The van der Waals surface area contributed by atoms with E-state index in [1.54, 1.807) is 54.6 Å². The molecule has 0 saturated heterocycles. The highest BCUT2D eigenvalue weighted by Gasteiger charge is 2.12. The Bertz CT molecular complexity index is 625. The number of amides is 1. The van der Waals surface area contributed by atoms with E-state index in [0.717, 1.165) is 0 Å². The summed E-state index contributed by atoms with van der Waals surface area (Å²) >= 11 is 0. The molecule has 2 rings (SSSR count). The van der Waals surface area contributed by atoms with Crippen LogP contribution >= 0.6 is 0 Å². The lowest BCUT2D eigenvalue weighted by molar-refractivity contribution is 0.0463. The van der Waals surface area contributed by atoms with Crippen LogP contribution in [0, 0.1) is 0 Å². The number of nitrogens with one attached hydrogen (secondary N) is 1. The van der Waals surface area contributed by atoms with Crippen molar-refractivity contribution in [3.63, 3.8) is 0 Å². The molecule has 1 amide bonds. The average molecular weight is 285 g/mol. The second-order valence-corrected chi connectivity index (χ2v) is 4.15. The maximum absolute atomic E-state index is 12.0. The number of rotatable bonds is 5. The molecule has 5 nitrogen and oxygen atoms in total. The highest BCUT2D eigenvalue weighted by atomic mass is 16.5. The minimum Gasteiger partial charge on any atom is -0.496 e. The Hall–Kier alpha value is -2.82. The predicted molar refractivity (Wildman–Crippen MR) is 77.2 cm³/mol. The molecule has 0 aliphatic rings. The van der Waals surface area contributed by atoms with E-state index in [1.807, 2.05) is 0 Å². The van der Waals surface area contributed by atoms with Gasteiger partial charge in [0.15, 0.2) is 6.73 Å². The van der Waals surface area contributed by atoms with Crippen LogP contribution in [0.15, 0.2) is 54.6 Å². The van der Waals surface area contributed by atoms with Crippen LogP contribution in [-0.4, -0.2) is 25.7 Å². The van der Waals surface area contributed by atoms with Gasteiger partial charge in [0.1, 0.15) is 5.75 Å². The van der Waals surface area contributed by atoms with Crippen LogP contribution < -0.4 is 10.1 Å². The van der Waals surface area contributed by atoms with E-state index in [1.165, 1.54) is 7.11 Å². The lowest BCUT2D eigenvalue weighted by atomic mass is 10.2. The molecule has 2 aromatic carbocycles. The molecule has 0 aromatic heterocycles. The molecule has 1 N–H and O–H groups in total. The Morgan fingerprint density at radius 3 is 2.38 bits per heavy atom. The predicted octanol–water partition coefficient (Wildman–Crippen LogP) is 2.24. The molecule has 0 aliphatic carbocycles. The number of carbonyl (C=O) groups is 2. The highest BCUT2D eigenvalue weighted by molar-refractivity contribution is 5.97. The zero-order chi connectivity index (χ0) is 15.1. The van der Waals surface area contributed by atoms with Crippen LogP contribution in [0.2, 0.25) is 0 Å². The number of carbonyl (C=O) groups excluding carboxylic acids is 2. The third-order valence-corrected chi connectivity index (χ3v) is 2.80. The number of methoxy groups -OCH3 is 1. The fraction of sp³-hybridized carbons (Fsp3) is 0.125. The Kier molecular flexibility index (Phi) is 4.93. The van der Waals surface area contributed by atoms with E-state index in [4.69, 9.17) is 9.47 Å². The first-order chi connectivity index (χ1) is 10.2. The van der Waals surface area contributed by atoms with E-state index in [9.17, 15) is 9.59 Å². The average Bonchev–Trinajstić information content (AvgIpc) is 2.55. The second kappa shape index (κ2) is 7.09. The molecule has 0 spiro atoms. The van der Waals surface area contributed by atoms with Crippen LogP contribution in [-0.2, 0) is 4.74 Å². The van der Waals surface area contributed by atoms with E-state index >= 15 is 0 Å². The molecule has 0 aliphatic heterocycles. The molecular formula is C16H15NO4. The van der Waals surface area contributed by atoms with Gasteiger partial charge in [-0.3, -0.25) is 4.79 Å². The normalized spacial score (nSPS) is 9.76. The fourth-order valence-electron chi connectivity index (χ4n) is 1.75. The lowest BCUT2D eigenvalue weighted by Gasteiger charge is -2.09. The van der Waals surface area contributed by atoms with Gasteiger partial charge in [-0.25, -0.2) is 4.79 Å². The number of esters is 1. The molecule has 0 atom stereocenters. The van der Waals surface area contributed by atoms with Crippen molar-refractivity contribution in [1.82, 2.24) is 5.32 Å². The van der Waals surface area contributed by atoms with Gasteiger partial charge < -0.3 is 14.8 Å². The molecule has 0 heterocycles. The summed E-state index contributed by atoms with van der Waals surface area (Å²) in [5.41, 5.74) is 0.819. The second-order valence-electron chi connectivity index (χ2n) is 4.15. The van der Waals surface area contributed by atoms with Crippen molar-refractivity contribution < 1.29 is 19.1 Å². The summed E-state index contributed by atoms with van der Waals surface area (Å²) in [7, 11) is 1.49. The monoisotopic (exact) mass is 285 g/mol. The fourth-order valence-corrected chi connectivity index (χ4v) is 1.75. The smallest absolute Gasteiger partial charge is 0.339 e. The maximum Gasteiger partial charge on any atom is 0.339 e. The minimum atomic E-state index is -0.490. The first kappa shape index (κ1) is 14.6. The van der Waals surface area contributed by atoms with E-state index in [-0.39, 0.29) is 12.6 Å². The van der Waals surface area contributed by atoms with Crippen molar-refractivity contribution in [2.24, 2.45) is 0 Å². The summed E-state index contributed by atoms with van der Waals surface area (Å²) in [6, 6.07) is 15.4. The molecule has 0 unspecified atom stereocenters. The molecule has 0 bridgehead atoms. The van der Waals surface area contributed by atoms with Gasteiger partial charge in [-0.15, -0.1) is 0 Å². The Balaban J connectivity index is 1.89. The SMILES string of the molecule is COc1ccccc1C(=O)NCOC(=O)c1ccccc1. The van der Waals surface area contributed by atoms with Gasteiger partial charge >= 0.3 is 5.97 Å².